The van der Waals surface area contributed by atoms with E-state index in [1.807, 2.05) is 13.8 Å². The van der Waals surface area contributed by atoms with Gasteiger partial charge in [-0.25, -0.2) is 0 Å². The molecule has 0 fully saturated rings. The maximum Gasteiger partial charge on any atom is 0.248 e. The Kier molecular flexibility index (Phi) is 5.06. The lowest BCUT2D eigenvalue weighted by Gasteiger charge is -2.15. The Labute approximate surface area is 77.8 Å². The number of amides is 2. The van der Waals surface area contributed by atoms with Crippen LogP contribution in [0.2, 0.25) is 0 Å². The Bertz CT molecular complexity index is 192. The molecule has 0 aliphatic heterocycles. The molecule has 13 heavy (non-hydrogen) atoms. The molecule has 2 amide bonds. The summed E-state index contributed by atoms with van der Waals surface area (Å²) in [5.74, 6) is -0.770. The maximum absolute atomic E-state index is 11.2. The second kappa shape index (κ2) is 5.53. The minimum absolute atomic E-state index is 0.00549. The number of likely N-dealkylation sites (N-methyl/N-ethyl adjacent to an activating group) is 1. The third kappa shape index (κ3) is 6.10. The normalized spacial score (nSPS) is 10.2. The van der Waals surface area contributed by atoms with E-state index in [-0.39, 0.29) is 25.2 Å². The Morgan fingerprint density at radius 2 is 2.00 bits per heavy atom. The van der Waals surface area contributed by atoms with Gasteiger partial charge in [0, 0.05) is 7.05 Å². The zero-order chi connectivity index (χ0) is 10.4. The Morgan fingerprint density at radius 1 is 1.46 bits per heavy atom. The van der Waals surface area contributed by atoms with Crippen molar-refractivity contribution in [1.29, 1.82) is 0 Å². The molecule has 5 nitrogen and oxygen atoms in total. The summed E-state index contributed by atoms with van der Waals surface area (Å²) >= 11 is 0. The van der Waals surface area contributed by atoms with Gasteiger partial charge in [-0.05, 0) is 13.8 Å². The van der Waals surface area contributed by atoms with E-state index in [2.05, 4.69) is 0 Å². The van der Waals surface area contributed by atoms with Gasteiger partial charge < -0.3 is 15.4 Å². The first-order valence-corrected chi connectivity index (χ1v) is 4.07. The number of carbonyl (C=O) groups is 2. The molecule has 0 saturated heterocycles. The molecule has 76 valence electrons. The van der Waals surface area contributed by atoms with Gasteiger partial charge in [0.25, 0.3) is 0 Å². The molecule has 0 radical (unpaired) electrons. The molecule has 0 unspecified atom stereocenters. The number of nitrogens with two attached hydrogens (primary N) is 1. The molecule has 0 heterocycles. The van der Waals surface area contributed by atoms with Crippen molar-refractivity contribution in [1.82, 2.24) is 4.90 Å². The molecule has 0 rings (SSSR count). The zero-order valence-corrected chi connectivity index (χ0v) is 8.24. The Balaban J connectivity index is 3.76. The SMILES string of the molecule is CC(C)OCC(=O)N(C)CC(N)=O. The van der Waals surface area contributed by atoms with E-state index in [4.69, 9.17) is 10.5 Å². The number of primary amides is 1. The highest BCUT2D eigenvalue weighted by molar-refractivity contribution is 5.84. The summed E-state index contributed by atoms with van der Waals surface area (Å²) < 4.78 is 5.06. The van der Waals surface area contributed by atoms with E-state index in [0.29, 0.717) is 0 Å². The van der Waals surface area contributed by atoms with Crippen LogP contribution in [0.25, 0.3) is 0 Å². The summed E-state index contributed by atoms with van der Waals surface area (Å²) in [6.45, 7) is 3.59. The van der Waals surface area contributed by atoms with Crippen molar-refractivity contribution in [2.75, 3.05) is 20.2 Å². The molecule has 2 N–H and O–H groups in total. The van der Waals surface area contributed by atoms with Crippen LogP contribution < -0.4 is 5.73 Å². The molecule has 0 aromatic heterocycles. The summed E-state index contributed by atoms with van der Waals surface area (Å²) in [6, 6.07) is 0. The molecule has 0 aromatic rings. The highest BCUT2D eigenvalue weighted by Crippen LogP contribution is 1.90. The van der Waals surface area contributed by atoms with Crippen LogP contribution in [0.3, 0.4) is 0 Å². The fraction of sp³-hybridized carbons (Fsp3) is 0.750. The minimum Gasteiger partial charge on any atom is -0.369 e. The molecular formula is C8H16N2O3. The number of rotatable bonds is 5. The first-order valence-electron chi connectivity index (χ1n) is 4.07. The van der Waals surface area contributed by atoms with E-state index >= 15 is 0 Å². The predicted octanol–water partition coefficient (Wildman–Crippen LogP) is -0.645. The van der Waals surface area contributed by atoms with E-state index < -0.39 is 5.91 Å². The van der Waals surface area contributed by atoms with Gasteiger partial charge in [-0.2, -0.15) is 0 Å². The van der Waals surface area contributed by atoms with Crippen molar-refractivity contribution >= 4 is 11.8 Å². The van der Waals surface area contributed by atoms with E-state index in [1.165, 1.54) is 11.9 Å². The van der Waals surface area contributed by atoms with Gasteiger partial charge in [0.05, 0.1) is 12.6 Å². The van der Waals surface area contributed by atoms with Crippen LogP contribution >= 0.6 is 0 Å². The van der Waals surface area contributed by atoms with Crippen molar-refractivity contribution in [3.63, 3.8) is 0 Å². The van der Waals surface area contributed by atoms with Crippen LogP contribution in [0.15, 0.2) is 0 Å². The van der Waals surface area contributed by atoms with Gasteiger partial charge in [0.2, 0.25) is 11.8 Å². The van der Waals surface area contributed by atoms with E-state index in [9.17, 15) is 9.59 Å². The number of carbonyl (C=O) groups excluding carboxylic acids is 2. The maximum atomic E-state index is 11.2. The van der Waals surface area contributed by atoms with Crippen LogP contribution in [0.4, 0.5) is 0 Å². The molecule has 5 heteroatoms. The largest absolute Gasteiger partial charge is 0.369 e. The topological polar surface area (TPSA) is 72.6 Å². The number of hydrogen-bond donors (Lipinski definition) is 1. The molecule has 0 saturated carbocycles. The monoisotopic (exact) mass is 188 g/mol. The fourth-order valence-electron chi connectivity index (χ4n) is 0.670. The smallest absolute Gasteiger partial charge is 0.248 e. The van der Waals surface area contributed by atoms with Gasteiger partial charge in [-0.15, -0.1) is 0 Å². The van der Waals surface area contributed by atoms with Crippen molar-refractivity contribution in [3.05, 3.63) is 0 Å². The quantitative estimate of drug-likeness (QED) is 0.623. The van der Waals surface area contributed by atoms with Crippen LogP contribution in [0.1, 0.15) is 13.8 Å². The Hall–Kier alpha value is -1.10. The van der Waals surface area contributed by atoms with Crippen LogP contribution in [-0.2, 0) is 14.3 Å². The second-order valence-electron chi connectivity index (χ2n) is 3.08. The van der Waals surface area contributed by atoms with Crippen molar-refractivity contribution in [2.24, 2.45) is 5.73 Å². The minimum atomic E-state index is -0.527. The van der Waals surface area contributed by atoms with Crippen LogP contribution in [0.5, 0.6) is 0 Å². The Morgan fingerprint density at radius 3 is 2.38 bits per heavy atom. The molecule has 0 atom stereocenters. The molecule has 0 bridgehead atoms. The highest BCUT2D eigenvalue weighted by atomic mass is 16.5. The highest BCUT2D eigenvalue weighted by Gasteiger charge is 2.11. The third-order valence-corrected chi connectivity index (χ3v) is 1.36. The lowest BCUT2D eigenvalue weighted by atomic mass is 10.4. The average molecular weight is 188 g/mol. The summed E-state index contributed by atoms with van der Waals surface area (Å²) in [5.41, 5.74) is 4.91. The standard InChI is InChI=1S/C8H16N2O3/c1-6(2)13-5-8(12)10(3)4-7(9)11/h6H,4-5H2,1-3H3,(H2,9,11). The number of nitrogens with zero attached hydrogens (tertiary/aromatic N) is 1. The first kappa shape index (κ1) is 11.9. The molecular weight excluding hydrogens is 172 g/mol. The number of ether oxygens (including phenoxy) is 1. The van der Waals surface area contributed by atoms with Crippen LogP contribution in [-0.4, -0.2) is 43.0 Å². The van der Waals surface area contributed by atoms with Crippen molar-refractivity contribution in [2.45, 2.75) is 20.0 Å². The average Bonchev–Trinajstić information content (AvgIpc) is 1.98. The summed E-state index contributed by atoms with van der Waals surface area (Å²) in [7, 11) is 1.51. The van der Waals surface area contributed by atoms with Crippen molar-refractivity contribution in [3.8, 4) is 0 Å². The first-order chi connectivity index (χ1) is 5.93. The lowest BCUT2D eigenvalue weighted by molar-refractivity contribution is -0.139. The third-order valence-electron chi connectivity index (χ3n) is 1.36. The zero-order valence-electron chi connectivity index (χ0n) is 8.24. The number of hydrogen-bond acceptors (Lipinski definition) is 3. The van der Waals surface area contributed by atoms with Gasteiger partial charge >= 0.3 is 0 Å². The van der Waals surface area contributed by atoms with Crippen molar-refractivity contribution < 1.29 is 14.3 Å². The van der Waals surface area contributed by atoms with Gasteiger partial charge in [-0.1, -0.05) is 0 Å². The van der Waals surface area contributed by atoms with E-state index in [0.717, 1.165) is 0 Å². The fourth-order valence-corrected chi connectivity index (χ4v) is 0.670. The molecule has 0 aliphatic rings. The summed E-state index contributed by atoms with van der Waals surface area (Å²) in [5, 5.41) is 0. The lowest BCUT2D eigenvalue weighted by Crippen LogP contribution is -2.37. The van der Waals surface area contributed by atoms with Gasteiger partial charge in [0.1, 0.15) is 6.61 Å². The summed E-state index contributed by atoms with van der Waals surface area (Å²) in [4.78, 5) is 22.9. The van der Waals surface area contributed by atoms with E-state index in [1.54, 1.807) is 0 Å². The molecule has 0 aliphatic carbocycles. The van der Waals surface area contributed by atoms with Crippen LogP contribution in [0, 0.1) is 0 Å². The van der Waals surface area contributed by atoms with Gasteiger partial charge in [-0.3, -0.25) is 9.59 Å². The predicted molar refractivity (Wildman–Crippen MR) is 47.9 cm³/mol. The summed E-state index contributed by atoms with van der Waals surface area (Å²) in [6.07, 6.45) is 0.00549. The van der Waals surface area contributed by atoms with Gasteiger partial charge in [0.15, 0.2) is 0 Å². The second-order valence-corrected chi connectivity index (χ2v) is 3.08. The molecule has 0 aromatic carbocycles. The molecule has 0 spiro atoms.